The normalized spacial score (nSPS) is 13.8. The lowest BCUT2D eigenvalue weighted by atomic mass is 10.0. The minimum atomic E-state index is -5.39. The molecule has 0 heterocycles. The Morgan fingerprint density at radius 3 is 2.00 bits per heavy atom. The van der Waals surface area contributed by atoms with Gasteiger partial charge in [0, 0.05) is 25.5 Å². The fourth-order valence-corrected chi connectivity index (χ4v) is 1.78. The van der Waals surface area contributed by atoms with Crippen LogP contribution in [-0.4, -0.2) is 28.6 Å². The summed E-state index contributed by atoms with van der Waals surface area (Å²) in [5.74, 6) is -15.1. The minimum Gasteiger partial charge on any atom is -0.287 e. The van der Waals surface area contributed by atoms with E-state index in [1.165, 1.54) is 0 Å². The van der Waals surface area contributed by atoms with E-state index in [9.17, 15) is 31.1 Å². The Labute approximate surface area is 105 Å². The van der Waals surface area contributed by atoms with Gasteiger partial charge >= 0.3 is 17.8 Å². The van der Waals surface area contributed by atoms with Gasteiger partial charge in [0.05, 0.1) is 0 Å². The second kappa shape index (κ2) is 6.16. The molecule has 0 aromatic heterocycles. The van der Waals surface area contributed by atoms with Gasteiger partial charge in [-0.05, 0) is 6.42 Å². The molecule has 0 aromatic rings. The Kier molecular flexibility index (Phi) is 6.03. The SMILES string of the molecule is CCC(=O)SCCCC(F)(F)C(F)(F)C(C)(F)F. The van der Waals surface area contributed by atoms with E-state index in [0.29, 0.717) is 0 Å². The van der Waals surface area contributed by atoms with Crippen molar-refractivity contribution in [3.05, 3.63) is 0 Å². The molecule has 0 aromatic carbocycles. The number of thioether (sulfide) groups is 1. The van der Waals surface area contributed by atoms with Crippen LogP contribution in [0.2, 0.25) is 0 Å². The van der Waals surface area contributed by atoms with Crippen LogP contribution in [-0.2, 0) is 4.79 Å². The minimum absolute atomic E-state index is 0.0897. The number of hydrogen-bond donors (Lipinski definition) is 0. The molecule has 0 aliphatic rings. The van der Waals surface area contributed by atoms with Crippen LogP contribution in [0, 0.1) is 0 Å². The van der Waals surface area contributed by atoms with Gasteiger partial charge in [0.1, 0.15) is 0 Å². The Bertz CT molecular complexity index is 287. The van der Waals surface area contributed by atoms with Crippen molar-refractivity contribution < 1.29 is 31.1 Å². The topological polar surface area (TPSA) is 17.1 Å². The van der Waals surface area contributed by atoms with Crippen molar-refractivity contribution in [1.29, 1.82) is 0 Å². The molecule has 0 rings (SSSR count). The molecule has 0 amide bonds. The van der Waals surface area contributed by atoms with Crippen LogP contribution in [0.15, 0.2) is 0 Å². The monoisotopic (exact) mass is 296 g/mol. The molecule has 0 radical (unpaired) electrons. The van der Waals surface area contributed by atoms with Crippen molar-refractivity contribution in [3.63, 3.8) is 0 Å². The zero-order chi connectivity index (χ0) is 14.6. The summed E-state index contributed by atoms with van der Waals surface area (Å²) in [4.78, 5) is 10.8. The van der Waals surface area contributed by atoms with Crippen molar-refractivity contribution in [1.82, 2.24) is 0 Å². The van der Waals surface area contributed by atoms with E-state index in [2.05, 4.69) is 0 Å². The van der Waals surface area contributed by atoms with Crippen LogP contribution in [0.1, 0.15) is 33.1 Å². The van der Waals surface area contributed by atoms with Gasteiger partial charge in [-0.3, -0.25) is 4.79 Å². The van der Waals surface area contributed by atoms with Gasteiger partial charge in [-0.25, -0.2) is 0 Å². The molecule has 0 bridgehead atoms. The van der Waals surface area contributed by atoms with Gasteiger partial charge in [0.25, 0.3) is 0 Å². The van der Waals surface area contributed by atoms with Crippen molar-refractivity contribution in [3.8, 4) is 0 Å². The maximum atomic E-state index is 13.0. The standard InChI is InChI=1S/C10H14F6OS/c1-3-7(17)18-6-4-5-9(13,14)10(15,16)8(2,11)12/h3-6H2,1-2H3. The van der Waals surface area contributed by atoms with Crippen LogP contribution in [0.3, 0.4) is 0 Å². The molecule has 108 valence electrons. The van der Waals surface area contributed by atoms with Crippen LogP contribution < -0.4 is 0 Å². The smallest absolute Gasteiger partial charge is 0.287 e. The first kappa shape index (κ1) is 17.6. The van der Waals surface area contributed by atoms with Crippen LogP contribution in [0.4, 0.5) is 26.3 Å². The predicted octanol–water partition coefficient (Wildman–Crippen LogP) is 4.36. The van der Waals surface area contributed by atoms with E-state index in [4.69, 9.17) is 0 Å². The van der Waals surface area contributed by atoms with Crippen LogP contribution >= 0.6 is 11.8 Å². The number of alkyl halides is 6. The Morgan fingerprint density at radius 1 is 1.11 bits per heavy atom. The number of carbonyl (C=O) groups is 1. The van der Waals surface area contributed by atoms with Crippen LogP contribution in [0.5, 0.6) is 0 Å². The average molecular weight is 296 g/mol. The van der Waals surface area contributed by atoms with Gasteiger partial charge < -0.3 is 0 Å². The maximum absolute atomic E-state index is 13.0. The fraction of sp³-hybridized carbons (Fsp3) is 0.900. The van der Waals surface area contributed by atoms with E-state index in [1.807, 2.05) is 0 Å². The molecule has 0 unspecified atom stereocenters. The molecule has 18 heavy (non-hydrogen) atoms. The highest BCUT2D eigenvalue weighted by Crippen LogP contribution is 2.47. The molecule has 0 spiro atoms. The first-order valence-corrected chi connectivity index (χ1v) is 6.23. The molecule has 0 atom stereocenters. The lowest BCUT2D eigenvalue weighted by Crippen LogP contribution is -2.52. The maximum Gasteiger partial charge on any atom is 0.371 e. The molecule has 0 saturated heterocycles. The molecule has 0 aliphatic heterocycles. The third-order valence-electron chi connectivity index (χ3n) is 2.20. The summed E-state index contributed by atoms with van der Waals surface area (Å²) < 4.78 is 76.3. The third-order valence-corrected chi connectivity index (χ3v) is 3.30. The largest absolute Gasteiger partial charge is 0.371 e. The molecular weight excluding hydrogens is 282 g/mol. The highest BCUT2D eigenvalue weighted by Gasteiger charge is 2.68. The number of rotatable bonds is 7. The first-order chi connectivity index (χ1) is 7.95. The lowest BCUT2D eigenvalue weighted by molar-refractivity contribution is -0.304. The second-order valence-corrected chi connectivity index (χ2v) is 5.00. The molecular formula is C10H14F6OS. The lowest BCUT2D eigenvalue weighted by Gasteiger charge is -2.30. The molecule has 0 N–H and O–H groups in total. The fourth-order valence-electron chi connectivity index (χ4n) is 1.06. The van der Waals surface area contributed by atoms with E-state index in [0.717, 1.165) is 11.8 Å². The highest BCUT2D eigenvalue weighted by atomic mass is 32.2. The van der Waals surface area contributed by atoms with Gasteiger partial charge in [-0.15, -0.1) is 0 Å². The molecule has 0 saturated carbocycles. The summed E-state index contributed by atoms with van der Waals surface area (Å²) in [6.45, 7) is 1.33. The van der Waals surface area contributed by atoms with E-state index in [-0.39, 0.29) is 24.2 Å². The molecule has 8 heteroatoms. The summed E-state index contributed by atoms with van der Waals surface area (Å²) in [6.07, 6.45) is -1.62. The number of halogens is 6. The molecule has 0 aliphatic carbocycles. The van der Waals surface area contributed by atoms with E-state index in [1.54, 1.807) is 6.92 Å². The quantitative estimate of drug-likeness (QED) is 0.513. The predicted molar refractivity (Wildman–Crippen MR) is 57.5 cm³/mol. The average Bonchev–Trinajstić information content (AvgIpc) is 2.22. The summed E-state index contributed by atoms with van der Waals surface area (Å²) in [5, 5.41) is -0.258. The molecule has 1 nitrogen and oxygen atoms in total. The Morgan fingerprint density at radius 2 is 1.61 bits per heavy atom. The third kappa shape index (κ3) is 4.37. The zero-order valence-corrected chi connectivity index (χ0v) is 10.7. The van der Waals surface area contributed by atoms with Crippen molar-refractivity contribution in [2.75, 3.05) is 5.75 Å². The first-order valence-electron chi connectivity index (χ1n) is 5.25. The zero-order valence-electron chi connectivity index (χ0n) is 9.91. The summed E-state index contributed by atoms with van der Waals surface area (Å²) in [6, 6.07) is 0. The summed E-state index contributed by atoms with van der Waals surface area (Å²) in [7, 11) is 0. The van der Waals surface area contributed by atoms with Crippen molar-refractivity contribution >= 4 is 16.9 Å². The Balaban J connectivity index is 4.36. The highest BCUT2D eigenvalue weighted by molar-refractivity contribution is 8.13. The van der Waals surface area contributed by atoms with Gasteiger partial charge in [0.2, 0.25) is 0 Å². The van der Waals surface area contributed by atoms with Gasteiger partial charge in [-0.1, -0.05) is 18.7 Å². The number of carbonyl (C=O) groups excluding carboxylic acids is 1. The second-order valence-electron chi connectivity index (χ2n) is 3.84. The summed E-state index contributed by atoms with van der Waals surface area (Å²) >= 11 is 0.731. The van der Waals surface area contributed by atoms with Crippen molar-refractivity contribution in [2.24, 2.45) is 0 Å². The summed E-state index contributed by atoms with van der Waals surface area (Å²) in [5.41, 5.74) is 0. The van der Waals surface area contributed by atoms with E-state index >= 15 is 0 Å². The van der Waals surface area contributed by atoms with Crippen LogP contribution in [0.25, 0.3) is 0 Å². The molecule has 0 fully saturated rings. The van der Waals surface area contributed by atoms with Gasteiger partial charge in [-0.2, -0.15) is 26.3 Å². The van der Waals surface area contributed by atoms with Gasteiger partial charge in [0.15, 0.2) is 5.12 Å². The Hall–Kier alpha value is -0.400. The number of hydrogen-bond acceptors (Lipinski definition) is 2. The van der Waals surface area contributed by atoms with Crippen molar-refractivity contribution in [2.45, 2.75) is 50.9 Å². The van der Waals surface area contributed by atoms with E-state index < -0.39 is 30.6 Å².